The number of carbonyl (C=O) groups is 1. The smallest absolute Gasteiger partial charge is 0.252 e. The lowest BCUT2D eigenvalue weighted by molar-refractivity contribution is 0.0937. The maximum atomic E-state index is 12.1. The van der Waals surface area contributed by atoms with Crippen LogP contribution in [0.4, 0.5) is 0 Å². The summed E-state index contributed by atoms with van der Waals surface area (Å²) in [6.07, 6.45) is 3.60. The van der Waals surface area contributed by atoms with Crippen molar-refractivity contribution in [2.45, 2.75) is 32.2 Å². The van der Waals surface area contributed by atoms with Gasteiger partial charge in [-0.15, -0.1) is 0 Å². The number of likely N-dealkylation sites (tertiary alicyclic amines) is 1. The van der Waals surface area contributed by atoms with Crippen molar-refractivity contribution in [1.29, 1.82) is 0 Å². The number of rotatable bonds is 5. The van der Waals surface area contributed by atoms with Gasteiger partial charge < -0.3 is 5.32 Å². The van der Waals surface area contributed by atoms with Crippen LogP contribution in [-0.2, 0) is 0 Å². The van der Waals surface area contributed by atoms with Gasteiger partial charge in [-0.25, -0.2) is 0 Å². The summed E-state index contributed by atoms with van der Waals surface area (Å²) in [5.74, 6) is -0.0803. The highest BCUT2D eigenvalue weighted by atomic mass is 35.5. The molecular weight excluding hydrogens is 260 g/mol. The Bertz CT molecular complexity index is 430. The molecule has 1 amide bonds. The monoisotopic (exact) mass is 280 g/mol. The van der Waals surface area contributed by atoms with E-state index in [-0.39, 0.29) is 5.91 Å². The molecule has 1 heterocycles. The second-order valence-corrected chi connectivity index (χ2v) is 5.40. The molecular formula is C15H21ClN2O. The van der Waals surface area contributed by atoms with E-state index in [4.69, 9.17) is 11.6 Å². The molecule has 3 nitrogen and oxygen atoms in total. The standard InChI is InChI=1S/C15H21ClN2O/c1-2-12(18-9-5-6-10-18)11-17-15(19)13-7-3-4-8-14(13)16/h3-4,7-8,12H,2,5-6,9-11H2,1H3,(H,17,19). The van der Waals surface area contributed by atoms with E-state index in [1.165, 1.54) is 12.8 Å². The Kier molecular flexibility index (Phi) is 5.23. The van der Waals surface area contributed by atoms with Crippen LogP contribution < -0.4 is 5.32 Å². The molecule has 1 atom stereocenters. The molecule has 1 saturated heterocycles. The van der Waals surface area contributed by atoms with Crippen LogP contribution in [0.1, 0.15) is 36.5 Å². The predicted molar refractivity (Wildman–Crippen MR) is 78.7 cm³/mol. The van der Waals surface area contributed by atoms with Gasteiger partial charge in [0.1, 0.15) is 0 Å². The van der Waals surface area contributed by atoms with Crippen LogP contribution in [0.5, 0.6) is 0 Å². The minimum Gasteiger partial charge on any atom is -0.350 e. The largest absolute Gasteiger partial charge is 0.350 e. The first kappa shape index (κ1) is 14.4. The fourth-order valence-electron chi connectivity index (χ4n) is 2.59. The summed E-state index contributed by atoms with van der Waals surface area (Å²) in [6, 6.07) is 7.60. The molecule has 1 aromatic carbocycles. The van der Waals surface area contributed by atoms with Crippen molar-refractivity contribution in [3.05, 3.63) is 34.9 Å². The quantitative estimate of drug-likeness (QED) is 0.899. The normalized spacial score (nSPS) is 17.4. The van der Waals surface area contributed by atoms with Crippen molar-refractivity contribution in [3.8, 4) is 0 Å². The molecule has 1 unspecified atom stereocenters. The predicted octanol–water partition coefficient (Wildman–Crippen LogP) is 2.94. The third-order valence-corrected chi connectivity index (χ3v) is 4.07. The first-order chi connectivity index (χ1) is 9.22. The molecule has 0 aliphatic carbocycles. The number of hydrogen-bond donors (Lipinski definition) is 1. The van der Waals surface area contributed by atoms with Crippen LogP contribution in [0.15, 0.2) is 24.3 Å². The van der Waals surface area contributed by atoms with Crippen LogP contribution in [0.25, 0.3) is 0 Å². The van der Waals surface area contributed by atoms with E-state index in [1.807, 2.05) is 12.1 Å². The molecule has 1 N–H and O–H groups in total. The van der Waals surface area contributed by atoms with Gasteiger partial charge in [0, 0.05) is 12.6 Å². The Hall–Kier alpha value is -1.06. The molecule has 1 aromatic rings. The Morgan fingerprint density at radius 3 is 2.68 bits per heavy atom. The van der Waals surface area contributed by atoms with E-state index >= 15 is 0 Å². The van der Waals surface area contributed by atoms with Crippen molar-refractivity contribution in [3.63, 3.8) is 0 Å². The third-order valence-electron chi connectivity index (χ3n) is 3.75. The summed E-state index contributed by atoms with van der Waals surface area (Å²) in [5, 5.41) is 3.51. The molecule has 0 spiro atoms. The number of nitrogens with one attached hydrogen (secondary N) is 1. The molecule has 104 valence electrons. The molecule has 1 aliphatic heterocycles. The lowest BCUT2D eigenvalue weighted by atomic mass is 10.1. The van der Waals surface area contributed by atoms with Gasteiger partial charge >= 0.3 is 0 Å². The Morgan fingerprint density at radius 2 is 2.05 bits per heavy atom. The number of halogens is 1. The average molecular weight is 281 g/mol. The van der Waals surface area contributed by atoms with Crippen molar-refractivity contribution < 1.29 is 4.79 Å². The zero-order valence-electron chi connectivity index (χ0n) is 11.4. The molecule has 0 aromatic heterocycles. The fraction of sp³-hybridized carbons (Fsp3) is 0.533. The third kappa shape index (κ3) is 3.71. The molecule has 19 heavy (non-hydrogen) atoms. The first-order valence-corrected chi connectivity index (χ1v) is 7.37. The highest BCUT2D eigenvalue weighted by Gasteiger charge is 2.21. The first-order valence-electron chi connectivity index (χ1n) is 6.99. The van der Waals surface area contributed by atoms with Crippen LogP contribution in [0.2, 0.25) is 5.02 Å². The number of benzene rings is 1. The van der Waals surface area contributed by atoms with Crippen LogP contribution >= 0.6 is 11.6 Å². The zero-order valence-corrected chi connectivity index (χ0v) is 12.1. The second kappa shape index (κ2) is 6.92. The van der Waals surface area contributed by atoms with Gasteiger partial charge in [-0.05, 0) is 44.5 Å². The van der Waals surface area contributed by atoms with Crippen molar-refractivity contribution in [2.24, 2.45) is 0 Å². The topological polar surface area (TPSA) is 32.3 Å². The van der Waals surface area contributed by atoms with Crippen LogP contribution in [0.3, 0.4) is 0 Å². The molecule has 1 aliphatic rings. The summed E-state index contributed by atoms with van der Waals surface area (Å²) in [7, 11) is 0. The minimum atomic E-state index is -0.0803. The zero-order chi connectivity index (χ0) is 13.7. The van der Waals surface area contributed by atoms with E-state index in [9.17, 15) is 4.79 Å². The van der Waals surface area contributed by atoms with E-state index < -0.39 is 0 Å². The molecule has 1 fully saturated rings. The average Bonchev–Trinajstić information content (AvgIpc) is 2.94. The number of hydrogen-bond acceptors (Lipinski definition) is 2. The number of carbonyl (C=O) groups excluding carboxylic acids is 1. The van der Waals surface area contributed by atoms with E-state index in [2.05, 4.69) is 17.1 Å². The highest BCUT2D eigenvalue weighted by molar-refractivity contribution is 6.33. The van der Waals surface area contributed by atoms with Gasteiger partial charge in [-0.2, -0.15) is 0 Å². The van der Waals surface area contributed by atoms with Gasteiger partial charge in [-0.1, -0.05) is 30.7 Å². The Morgan fingerprint density at radius 1 is 1.37 bits per heavy atom. The molecule has 0 bridgehead atoms. The van der Waals surface area contributed by atoms with E-state index in [0.29, 0.717) is 23.2 Å². The number of amides is 1. The maximum absolute atomic E-state index is 12.1. The lowest BCUT2D eigenvalue weighted by Crippen LogP contribution is -2.42. The van der Waals surface area contributed by atoms with Crippen LogP contribution in [-0.4, -0.2) is 36.5 Å². The fourth-order valence-corrected chi connectivity index (χ4v) is 2.81. The van der Waals surface area contributed by atoms with Gasteiger partial charge in [0.05, 0.1) is 10.6 Å². The Labute approximate surface area is 119 Å². The van der Waals surface area contributed by atoms with Gasteiger partial charge in [0.2, 0.25) is 0 Å². The lowest BCUT2D eigenvalue weighted by Gasteiger charge is -2.26. The van der Waals surface area contributed by atoms with Crippen molar-refractivity contribution in [1.82, 2.24) is 10.2 Å². The summed E-state index contributed by atoms with van der Waals surface area (Å²) in [5.41, 5.74) is 0.556. The maximum Gasteiger partial charge on any atom is 0.252 e. The van der Waals surface area contributed by atoms with Crippen LogP contribution in [0, 0.1) is 0 Å². The molecule has 4 heteroatoms. The Balaban J connectivity index is 1.90. The van der Waals surface area contributed by atoms with Crippen molar-refractivity contribution in [2.75, 3.05) is 19.6 Å². The van der Waals surface area contributed by atoms with E-state index in [0.717, 1.165) is 19.5 Å². The molecule has 2 rings (SSSR count). The van der Waals surface area contributed by atoms with E-state index in [1.54, 1.807) is 12.1 Å². The number of nitrogens with zero attached hydrogens (tertiary/aromatic N) is 1. The summed E-state index contributed by atoms with van der Waals surface area (Å²) in [4.78, 5) is 14.6. The summed E-state index contributed by atoms with van der Waals surface area (Å²) in [6.45, 7) is 5.17. The second-order valence-electron chi connectivity index (χ2n) is 5.00. The molecule has 0 saturated carbocycles. The van der Waals surface area contributed by atoms with Crippen molar-refractivity contribution >= 4 is 17.5 Å². The van der Waals surface area contributed by atoms with Gasteiger partial charge in [0.25, 0.3) is 5.91 Å². The minimum absolute atomic E-state index is 0.0803. The summed E-state index contributed by atoms with van der Waals surface area (Å²) >= 11 is 6.02. The SMILES string of the molecule is CCC(CNC(=O)c1ccccc1Cl)N1CCCC1. The van der Waals surface area contributed by atoms with Gasteiger partial charge in [-0.3, -0.25) is 9.69 Å². The molecule has 0 radical (unpaired) electrons. The van der Waals surface area contributed by atoms with Gasteiger partial charge in [0.15, 0.2) is 0 Å². The summed E-state index contributed by atoms with van der Waals surface area (Å²) < 4.78 is 0. The highest BCUT2D eigenvalue weighted by Crippen LogP contribution is 2.16.